The van der Waals surface area contributed by atoms with E-state index in [9.17, 15) is 0 Å². The Labute approximate surface area is 134 Å². The highest BCUT2D eigenvalue weighted by molar-refractivity contribution is 9.10. The minimum atomic E-state index is 0.843. The summed E-state index contributed by atoms with van der Waals surface area (Å²) in [6.07, 6.45) is 0. The Morgan fingerprint density at radius 1 is 1.20 bits per heavy atom. The molecule has 1 N–H and O–H groups in total. The lowest BCUT2D eigenvalue weighted by molar-refractivity contribution is 1.19. The molecule has 0 radical (unpaired) electrons. The van der Waals surface area contributed by atoms with Gasteiger partial charge >= 0.3 is 0 Å². The van der Waals surface area contributed by atoms with E-state index in [-0.39, 0.29) is 0 Å². The van der Waals surface area contributed by atoms with Gasteiger partial charge in [0.05, 0.1) is 10.7 Å². The lowest BCUT2D eigenvalue weighted by Gasteiger charge is -2.06. The zero-order valence-corrected chi connectivity index (χ0v) is 14.1. The number of anilines is 1. The van der Waals surface area contributed by atoms with Crippen LogP contribution in [0.2, 0.25) is 0 Å². The summed E-state index contributed by atoms with van der Waals surface area (Å²) >= 11 is 6.91. The molecular weight excluding hydrogens is 352 g/mol. The zero-order valence-electron chi connectivity index (χ0n) is 10.9. The molecule has 2 aromatic heterocycles. The maximum absolute atomic E-state index is 4.53. The molecule has 2 heterocycles. The maximum atomic E-state index is 4.53. The number of aryl methyl sites for hydroxylation is 1. The molecule has 0 saturated heterocycles. The molecule has 0 aliphatic rings. The van der Waals surface area contributed by atoms with Gasteiger partial charge in [-0.15, -0.1) is 22.7 Å². The highest BCUT2D eigenvalue weighted by Gasteiger charge is 2.03. The van der Waals surface area contributed by atoms with Gasteiger partial charge in [0.15, 0.2) is 0 Å². The number of thiazole rings is 1. The van der Waals surface area contributed by atoms with Gasteiger partial charge in [0.1, 0.15) is 0 Å². The normalized spacial score (nSPS) is 10.7. The standard InChI is InChI=1S/C15H13BrN2S2/c1-10-18-15(9-19-10)11-3-2-4-13(5-11)17-7-14-6-12(16)8-20-14/h2-6,8-9,17H,7H2,1H3. The number of nitrogens with zero attached hydrogens (tertiary/aromatic N) is 1. The second-order valence-corrected chi connectivity index (χ2v) is 7.39. The fourth-order valence-electron chi connectivity index (χ4n) is 1.92. The molecule has 20 heavy (non-hydrogen) atoms. The summed E-state index contributed by atoms with van der Waals surface area (Å²) in [6, 6.07) is 10.5. The van der Waals surface area contributed by atoms with E-state index in [0.717, 1.165) is 33.0 Å². The third kappa shape index (κ3) is 3.29. The van der Waals surface area contributed by atoms with Crippen LogP contribution in [0.1, 0.15) is 9.88 Å². The lowest BCUT2D eigenvalue weighted by Crippen LogP contribution is -1.97. The molecule has 0 saturated carbocycles. The second-order valence-electron chi connectivity index (χ2n) is 4.42. The first-order valence-electron chi connectivity index (χ1n) is 6.20. The van der Waals surface area contributed by atoms with Crippen molar-refractivity contribution < 1.29 is 0 Å². The summed E-state index contributed by atoms with van der Waals surface area (Å²) in [5.41, 5.74) is 3.33. The summed E-state index contributed by atoms with van der Waals surface area (Å²) in [6.45, 7) is 2.88. The van der Waals surface area contributed by atoms with Crippen LogP contribution in [0.3, 0.4) is 0 Å². The topological polar surface area (TPSA) is 24.9 Å². The van der Waals surface area contributed by atoms with Gasteiger partial charge in [-0.1, -0.05) is 12.1 Å². The summed E-state index contributed by atoms with van der Waals surface area (Å²) < 4.78 is 1.14. The Morgan fingerprint density at radius 3 is 2.80 bits per heavy atom. The molecule has 2 nitrogen and oxygen atoms in total. The van der Waals surface area contributed by atoms with E-state index < -0.39 is 0 Å². The van der Waals surface area contributed by atoms with E-state index >= 15 is 0 Å². The van der Waals surface area contributed by atoms with Gasteiger partial charge in [-0.05, 0) is 41.1 Å². The number of nitrogens with one attached hydrogen (secondary N) is 1. The van der Waals surface area contributed by atoms with Crippen LogP contribution in [0.25, 0.3) is 11.3 Å². The van der Waals surface area contributed by atoms with Gasteiger partial charge in [0.25, 0.3) is 0 Å². The number of halogens is 1. The van der Waals surface area contributed by atoms with Gasteiger partial charge in [0.2, 0.25) is 0 Å². The molecule has 3 rings (SSSR count). The van der Waals surface area contributed by atoms with Crippen molar-refractivity contribution in [3.05, 3.63) is 55.4 Å². The van der Waals surface area contributed by atoms with Crippen molar-refractivity contribution >= 4 is 44.3 Å². The molecule has 0 aliphatic heterocycles. The Kier molecular flexibility index (Phi) is 4.19. The average Bonchev–Trinajstić information content (AvgIpc) is 3.06. The molecule has 0 amide bonds. The van der Waals surface area contributed by atoms with Crippen LogP contribution < -0.4 is 5.32 Å². The van der Waals surface area contributed by atoms with E-state index in [0.29, 0.717) is 0 Å². The number of rotatable bonds is 4. The molecule has 0 fully saturated rings. The Bertz CT molecular complexity index is 718. The summed E-state index contributed by atoms with van der Waals surface area (Å²) in [4.78, 5) is 5.84. The van der Waals surface area contributed by atoms with Gasteiger partial charge in [-0.25, -0.2) is 4.98 Å². The minimum absolute atomic E-state index is 0.843. The van der Waals surface area contributed by atoms with Gasteiger partial charge < -0.3 is 5.32 Å². The Morgan fingerprint density at radius 2 is 2.10 bits per heavy atom. The quantitative estimate of drug-likeness (QED) is 0.655. The predicted molar refractivity (Wildman–Crippen MR) is 91.6 cm³/mol. The fraction of sp³-hybridized carbons (Fsp3) is 0.133. The van der Waals surface area contributed by atoms with Crippen molar-refractivity contribution in [3.8, 4) is 11.3 Å². The highest BCUT2D eigenvalue weighted by atomic mass is 79.9. The molecule has 1 aromatic carbocycles. The van der Waals surface area contributed by atoms with E-state index in [1.807, 2.05) is 6.92 Å². The van der Waals surface area contributed by atoms with Gasteiger partial charge in [-0.2, -0.15) is 0 Å². The van der Waals surface area contributed by atoms with Crippen LogP contribution in [0.15, 0.2) is 45.6 Å². The van der Waals surface area contributed by atoms with Crippen LogP contribution in [0, 0.1) is 6.92 Å². The zero-order chi connectivity index (χ0) is 13.9. The van der Waals surface area contributed by atoms with E-state index in [2.05, 4.69) is 67.3 Å². The average molecular weight is 365 g/mol. The van der Waals surface area contributed by atoms with Crippen molar-refractivity contribution in [3.63, 3.8) is 0 Å². The Hall–Kier alpha value is -1.17. The lowest BCUT2D eigenvalue weighted by atomic mass is 10.1. The third-order valence-electron chi connectivity index (χ3n) is 2.87. The first kappa shape index (κ1) is 13.8. The smallest absolute Gasteiger partial charge is 0.0901 e. The molecular formula is C15H13BrN2S2. The van der Waals surface area contributed by atoms with Gasteiger partial charge in [-0.3, -0.25) is 0 Å². The number of thiophene rings is 1. The van der Waals surface area contributed by atoms with E-state index in [1.54, 1.807) is 22.7 Å². The summed E-state index contributed by atoms with van der Waals surface area (Å²) in [5, 5.41) is 8.76. The first-order chi connectivity index (χ1) is 9.70. The van der Waals surface area contributed by atoms with Crippen LogP contribution in [0.5, 0.6) is 0 Å². The molecule has 3 aromatic rings. The van der Waals surface area contributed by atoms with E-state index in [4.69, 9.17) is 0 Å². The largest absolute Gasteiger partial charge is 0.380 e. The van der Waals surface area contributed by atoms with Crippen molar-refractivity contribution in [1.29, 1.82) is 0 Å². The predicted octanol–water partition coefficient (Wildman–Crippen LogP) is 5.55. The minimum Gasteiger partial charge on any atom is -0.380 e. The first-order valence-corrected chi connectivity index (χ1v) is 8.75. The van der Waals surface area contributed by atoms with Crippen molar-refractivity contribution in [1.82, 2.24) is 4.98 Å². The van der Waals surface area contributed by atoms with Crippen molar-refractivity contribution in [2.75, 3.05) is 5.32 Å². The van der Waals surface area contributed by atoms with Gasteiger partial charge in [0, 0.05) is 37.9 Å². The SMILES string of the molecule is Cc1nc(-c2cccc(NCc3cc(Br)cs3)c2)cs1. The summed E-state index contributed by atoms with van der Waals surface area (Å²) in [7, 11) is 0. The molecule has 0 atom stereocenters. The third-order valence-corrected chi connectivity index (χ3v) is 5.34. The molecule has 0 unspecified atom stereocenters. The van der Waals surface area contributed by atoms with Crippen LogP contribution in [-0.4, -0.2) is 4.98 Å². The van der Waals surface area contributed by atoms with Crippen LogP contribution >= 0.6 is 38.6 Å². The molecule has 5 heteroatoms. The number of aromatic nitrogens is 1. The molecule has 0 aliphatic carbocycles. The fourth-order valence-corrected chi connectivity index (χ4v) is 3.93. The summed E-state index contributed by atoms with van der Waals surface area (Å²) in [5.74, 6) is 0. The Balaban J connectivity index is 1.74. The molecule has 0 bridgehead atoms. The number of hydrogen-bond acceptors (Lipinski definition) is 4. The van der Waals surface area contributed by atoms with Crippen molar-refractivity contribution in [2.24, 2.45) is 0 Å². The van der Waals surface area contributed by atoms with Crippen LogP contribution in [0.4, 0.5) is 5.69 Å². The molecule has 102 valence electrons. The van der Waals surface area contributed by atoms with E-state index in [1.165, 1.54) is 4.88 Å². The number of hydrogen-bond donors (Lipinski definition) is 1. The van der Waals surface area contributed by atoms with Crippen molar-refractivity contribution in [2.45, 2.75) is 13.5 Å². The highest BCUT2D eigenvalue weighted by Crippen LogP contribution is 2.25. The maximum Gasteiger partial charge on any atom is 0.0901 e. The van der Waals surface area contributed by atoms with Crippen LogP contribution in [-0.2, 0) is 6.54 Å². The monoisotopic (exact) mass is 364 g/mol. The number of benzene rings is 1. The second kappa shape index (κ2) is 6.08. The molecule has 0 spiro atoms.